The lowest BCUT2D eigenvalue weighted by Crippen LogP contribution is -2.37. The second-order valence-corrected chi connectivity index (χ2v) is 17.3. The molecule has 0 amide bonds. The fourth-order valence-electron chi connectivity index (χ4n) is 8.20. The molecule has 0 saturated heterocycles. The number of halogens is 3. The molecular formula is C50H42F3N3O8S2. The van der Waals surface area contributed by atoms with Gasteiger partial charge in [-0.25, -0.2) is 19.4 Å². The number of aliphatic carboxylic acids is 1. The Hall–Kier alpha value is -7.17. The first-order chi connectivity index (χ1) is 31.5. The molecule has 66 heavy (non-hydrogen) atoms. The number of ketones is 2. The van der Waals surface area contributed by atoms with Gasteiger partial charge < -0.3 is 25.2 Å². The molecule has 0 spiro atoms. The Labute approximate surface area is 385 Å². The number of pyridine rings is 1. The van der Waals surface area contributed by atoms with Crippen molar-refractivity contribution in [3.8, 4) is 0 Å². The molecule has 0 radical (unpaired) electrons. The first kappa shape index (κ1) is 46.8. The van der Waals surface area contributed by atoms with E-state index in [1.807, 2.05) is 73.8 Å². The van der Waals surface area contributed by atoms with Crippen molar-refractivity contribution in [1.82, 2.24) is 15.6 Å². The lowest BCUT2D eigenvalue weighted by atomic mass is 9.79. The Morgan fingerprint density at radius 2 is 1.17 bits per heavy atom. The number of carbonyl (C=O) groups excluding carboxylic acids is 4. The predicted octanol–water partition coefficient (Wildman–Crippen LogP) is 10.6. The minimum absolute atomic E-state index is 0.000969. The zero-order valence-electron chi connectivity index (χ0n) is 36.2. The number of allylic oxidation sites excluding steroid dienone is 6. The summed E-state index contributed by atoms with van der Waals surface area (Å²) in [4.78, 5) is 67.5. The van der Waals surface area contributed by atoms with Crippen molar-refractivity contribution in [2.45, 2.75) is 65.8 Å². The van der Waals surface area contributed by atoms with Crippen LogP contribution >= 0.6 is 22.7 Å². The van der Waals surface area contributed by atoms with Gasteiger partial charge >= 0.3 is 24.1 Å². The van der Waals surface area contributed by atoms with Crippen LogP contribution in [0.4, 0.5) is 13.2 Å². The van der Waals surface area contributed by atoms with Gasteiger partial charge in [0.25, 0.3) is 0 Å². The largest absolute Gasteiger partial charge is 0.478 e. The van der Waals surface area contributed by atoms with Gasteiger partial charge in [0, 0.05) is 56.4 Å². The van der Waals surface area contributed by atoms with Crippen LogP contribution < -0.4 is 10.6 Å². The number of nitrogens with zero attached hydrogens (tertiary/aromatic N) is 1. The number of thiophene rings is 2. The SMILES string of the molecule is CC(=O)C1=C(C)NC(C(F)(F)F)=C(C(=O)O)C1c1csc2ncccc12.CC(=O)C1=C(C)NC(C)=C(C(=O)OCc2ccc(C(=O)OCc3ccccc3)cc2)C1c1csc2ccccc12. The number of ether oxygens (including phenoxy) is 2. The monoisotopic (exact) mass is 933 g/mol. The highest BCUT2D eigenvalue weighted by Gasteiger charge is 2.46. The van der Waals surface area contributed by atoms with E-state index >= 15 is 0 Å². The highest BCUT2D eigenvalue weighted by Crippen LogP contribution is 2.46. The molecule has 3 aromatic heterocycles. The Morgan fingerprint density at radius 1 is 0.636 bits per heavy atom. The van der Waals surface area contributed by atoms with E-state index in [-0.39, 0.29) is 30.3 Å². The van der Waals surface area contributed by atoms with Crippen LogP contribution in [0.3, 0.4) is 0 Å². The lowest BCUT2D eigenvalue weighted by molar-refractivity contribution is -0.140. The van der Waals surface area contributed by atoms with Gasteiger partial charge in [-0.2, -0.15) is 13.2 Å². The number of carboxylic acid groups (broad SMARTS) is 1. The summed E-state index contributed by atoms with van der Waals surface area (Å²) < 4.78 is 52.7. The van der Waals surface area contributed by atoms with Crippen LogP contribution in [-0.2, 0) is 41.9 Å². The van der Waals surface area contributed by atoms with Crippen molar-refractivity contribution in [1.29, 1.82) is 0 Å². The van der Waals surface area contributed by atoms with E-state index in [0.717, 1.165) is 32.5 Å². The molecule has 2 atom stereocenters. The molecule has 3 N–H and O–H groups in total. The molecule has 11 nitrogen and oxygen atoms in total. The van der Waals surface area contributed by atoms with Gasteiger partial charge in [-0.1, -0.05) is 66.7 Å². The zero-order valence-corrected chi connectivity index (χ0v) is 37.8. The minimum Gasteiger partial charge on any atom is -0.478 e. The molecule has 0 bridgehead atoms. The van der Waals surface area contributed by atoms with Crippen LogP contribution in [0.25, 0.3) is 20.3 Å². The molecule has 8 rings (SSSR count). The van der Waals surface area contributed by atoms with E-state index < -0.39 is 53.0 Å². The number of fused-ring (bicyclic) bond motifs is 2. The normalized spacial score (nSPS) is 16.4. The third-order valence-electron chi connectivity index (χ3n) is 11.1. The van der Waals surface area contributed by atoms with E-state index in [4.69, 9.17) is 9.47 Å². The maximum atomic E-state index is 13.6. The number of hydrogen-bond acceptors (Lipinski definition) is 12. The van der Waals surface area contributed by atoms with Crippen LogP contribution in [0.15, 0.2) is 153 Å². The number of dihydropyridines is 2. The van der Waals surface area contributed by atoms with Crippen molar-refractivity contribution in [2.75, 3.05) is 0 Å². The van der Waals surface area contributed by atoms with E-state index in [1.54, 1.807) is 53.1 Å². The number of rotatable bonds is 11. The van der Waals surface area contributed by atoms with Crippen LogP contribution in [0.1, 0.15) is 79.1 Å². The number of benzene rings is 3. The third-order valence-corrected chi connectivity index (χ3v) is 13.0. The number of nitrogens with one attached hydrogen (secondary N) is 2. The van der Waals surface area contributed by atoms with Crippen LogP contribution in [0, 0.1) is 0 Å². The Balaban J connectivity index is 0.000000215. The summed E-state index contributed by atoms with van der Waals surface area (Å²) in [6.07, 6.45) is -3.37. The average Bonchev–Trinajstić information content (AvgIpc) is 3.92. The second-order valence-electron chi connectivity index (χ2n) is 15.5. The van der Waals surface area contributed by atoms with E-state index in [0.29, 0.717) is 38.2 Å². The number of hydrogen-bond donors (Lipinski definition) is 3. The van der Waals surface area contributed by atoms with Crippen LogP contribution in [0.2, 0.25) is 0 Å². The topological polar surface area (TPSA) is 161 Å². The number of aromatic nitrogens is 1. The summed E-state index contributed by atoms with van der Waals surface area (Å²) in [5, 5.41) is 20.0. The zero-order chi connectivity index (χ0) is 47.4. The summed E-state index contributed by atoms with van der Waals surface area (Å²) in [5.74, 6) is -5.12. The number of esters is 2. The van der Waals surface area contributed by atoms with E-state index in [9.17, 15) is 42.3 Å². The van der Waals surface area contributed by atoms with Crippen molar-refractivity contribution >= 4 is 72.5 Å². The molecule has 2 aliphatic rings. The van der Waals surface area contributed by atoms with Crippen LogP contribution in [0.5, 0.6) is 0 Å². The number of carboxylic acids is 1. The predicted molar refractivity (Wildman–Crippen MR) is 245 cm³/mol. The van der Waals surface area contributed by atoms with Gasteiger partial charge in [0.15, 0.2) is 11.6 Å². The van der Waals surface area contributed by atoms with Gasteiger partial charge in [-0.05, 0) is 97.3 Å². The molecule has 3 aromatic carbocycles. The molecule has 16 heteroatoms. The second kappa shape index (κ2) is 19.5. The number of carbonyl (C=O) groups is 5. The highest BCUT2D eigenvalue weighted by atomic mass is 32.1. The smallest absolute Gasteiger partial charge is 0.431 e. The maximum Gasteiger partial charge on any atom is 0.431 e. The Morgan fingerprint density at radius 3 is 1.80 bits per heavy atom. The highest BCUT2D eigenvalue weighted by molar-refractivity contribution is 7.17. The van der Waals surface area contributed by atoms with Crippen LogP contribution in [-0.4, -0.2) is 45.7 Å². The Kier molecular flexibility index (Phi) is 13.8. The van der Waals surface area contributed by atoms with Crippen molar-refractivity contribution in [2.24, 2.45) is 0 Å². The molecular weight excluding hydrogens is 892 g/mol. The summed E-state index contributed by atoms with van der Waals surface area (Å²) in [6.45, 7) is 7.96. The van der Waals surface area contributed by atoms with Gasteiger partial charge in [-0.15, -0.1) is 22.7 Å². The number of Topliss-reactive ketones (excluding diaryl/α,β-unsaturated/α-hetero) is 2. The summed E-state index contributed by atoms with van der Waals surface area (Å²) >= 11 is 2.77. The third kappa shape index (κ3) is 9.74. The van der Waals surface area contributed by atoms with Gasteiger partial charge in [0.1, 0.15) is 23.7 Å². The standard InChI is InChI=1S/C33H29NO5S.C17H13F3N2O3S/c1-20-29(22(3)35)31(27-19-40-28-12-8-7-11-26(27)28)30(21(2)34-20)33(37)39-18-24-13-15-25(16-14-24)32(36)38-17-23-9-5-4-6-10-23;1-7-11(8(2)23)12(10-6-26-15-9(10)4-3-5-21-15)13(16(24)25)14(22-7)17(18,19)20/h4-16,19,31,34H,17-18H2,1-3H3;3-6,12,22H,1-2H3,(H,24,25). The molecule has 0 saturated carbocycles. The fourth-order valence-corrected chi connectivity index (χ4v) is 10.1. The van der Waals surface area contributed by atoms with E-state index in [1.165, 1.54) is 38.3 Å². The average molecular weight is 934 g/mol. The molecule has 2 aliphatic heterocycles. The van der Waals surface area contributed by atoms with Crippen molar-refractivity contribution in [3.63, 3.8) is 0 Å². The Bertz CT molecular complexity index is 3040. The first-order valence-corrected chi connectivity index (χ1v) is 22.2. The summed E-state index contributed by atoms with van der Waals surface area (Å²) in [7, 11) is 0. The van der Waals surface area contributed by atoms with E-state index in [2.05, 4.69) is 15.6 Å². The summed E-state index contributed by atoms with van der Waals surface area (Å²) in [5.41, 5.74) is 3.39. The first-order valence-electron chi connectivity index (χ1n) is 20.4. The molecule has 5 heterocycles. The lowest BCUT2D eigenvalue weighted by Gasteiger charge is -2.31. The van der Waals surface area contributed by atoms with Crippen molar-refractivity contribution < 1.29 is 51.7 Å². The quantitative estimate of drug-likeness (QED) is 0.106. The number of alkyl halides is 3. The summed E-state index contributed by atoms with van der Waals surface area (Å²) in [6, 6.07) is 27.5. The minimum atomic E-state index is -4.90. The molecule has 338 valence electrons. The fraction of sp³-hybridized carbons (Fsp3) is 0.200. The molecule has 6 aromatic rings. The van der Waals surface area contributed by atoms with Crippen molar-refractivity contribution in [3.05, 3.63) is 181 Å². The van der Waals surface area contributed by atoms with Gasteiger partial charge in [0.2, 0.25) is 0 Å². The maximum absolute atomic E-state index is 13.6. The molecule has 0 fully saturated rings. The van der Waals surface area contributed by atoms with Gasteiger partial charge in [-0.3, -0.25) is 9.59 Å². The molecule has 0 aliphatic carbocycles. The molecule has 2 unspecified atom stereocenters. The van der Waals surface area contributed by atoms with Gasteiger partial charge in [0.05, 0.1) is 16.7 Å².